The Morgan fingerprint density at radius 1 is 1.40 bits per heavy atom. The highest BCUT2D eigenvalue weighted by molar-refractivity contribution is 6.30. The molecule has 0 radical (unpaired) electrons. The molecule has 0 aliphatic heterocycles. The van der Waals surface area contributed by atoms with Crippen LogP contribution in [-0.4, -0.2) is 26.1 Å². The summed E-state index contributed by atoms with van der Waals surface area (Å²) in [6.07, 6.45) is 6.16. The highest BCUT2D eigenvalue weighted by Crippen LogP contribution is 2.22. The van der Waals surface area contributed by atoms with Crippen molar-refractivity contribution in [2.24, 2.45) is 10.4 Å². The van der Waals surface area contributed by atoms with Crippen molar-refractivity contribution in [2.45, 2.75) is 20.3 Å². The van der Waals surface area contributed by atoms with Crippen LogP contribution in [0.5, 0.6) is 0 Å². The summed E-state index contributed by atoms with van der Waals surface area (Å²) >= 11 is 6.02. The maximum Gasteiger partial charge on any atom is 0.191 e. The second-order valence-electron chi connectivity index (χ2n) is 5.45. The van der Waals surface area contributed by atoms with Gasteiger partial charge < -0.3 is 10.6 Å². The first-order valence-corrected chi connectivity index (χ1v) is 6.97. The minimum absolute atomic E-state index is 0.0818. The van der Waals surface area contributed by atoms with Gasteiger partial charge >= 0.3 is 0 Å². The van der Waals surface area contributed by atoms with Crippen LogP contribution in [0.2, 0.25) is 5.02 Å². The fraction of sp³-hybridized carbons (Fsp3) is 0.438. The van der Waals surface area contributed by atoms with Crippen molar-refractivity contribution >= 4 is 17.6 Å². The first kappa shape index (κ1) is 16.4. The fourth-order valence-electron chi connectivity index (χ4n) is 1.94. The third-order valence-corrected chi connectivity index (χ3v) is 3.12. The summed E-state index contributed by atoms with van der Waals surface area (Å²) in [5.41, 5.74) is 1.31. The molecule has 0 aliphatic carbocycles. The average molecular weight is 292 g/mol. The number of benzene rings is 1. The van der Waals surface area contributed by atoms with E-state index in [2.05, 4.69) is 41.5 Å². The molecule has 0 amide bonds. The van der Waals surface area contributed by atoms with E-state index < -0.39 is 0 Å². The molecule has 0 saturated heterocycles. The van der Waals surface area contributed by atoms with Crippen LogP contribution in [-0.2, 0) is 6.42 Å². The van der Waals surface area contributed by atoms with E-state index in [1.165, 1.54) is 5.56 Å². The van der Waals surface area contributed by atoms with Gasteiger partial charge in [-0.25, -0.2) is 0 Å². The first-order valence-electron chi connectivity index (χ1n) is 6.59. The van der Waals surface area contributed by atoms with Gasteiger partial charge in [-0.15, -0.1) is 6.42 Å². The molecule has 0 spiro atoms. The van der Waals surface area contributed by atoms with Crippen molar-refractivity contribution in [3.05, 3.63) is 34.9 Å². The van der Waals surface area contributed by atoms with Crippen LogP contribution in [0.15, 0.2) is 29.3 Å². The summed E-state index contributed by atoms with van der Waals surface area (Å²) in [7, 11) is 1.73. The lowest BCUT2D eigenvalue weighted by molar-refractivity contribution is 0.359. The molecule has 0 aliphatic rings. The number of hydrogen-bond acceptors (Lipinski definition) is 1. The van der Waals surface area contributed by atoms with Gasteiger partial charge in [0.05, 0.1) is 6.54 Å². The van der Waals surface area contributed by atoms with Crippen molar-refractivity contribution < 1.29 is 0 Å². The van der Waals surface area contributed by atoms with E-state index >= 15 is 0 Å². The normalized spacial score (nSPS) is 11.8. The van der Waals surface area contributed by atoms with Gasteiger partial charge in [0.25, 0.3) is 0 Å². The standard InChI is InChI=1S/C16H22ClN3/c1-5-9-19-15(18-4)20-12-16(2,3)11-13-7-6-8-14(17)10-13/h1,6-8,10H,9,11-12H2,2-4H3,(H2,18,19,20). The van der Waals surface area contributed by atoms with Gasteiger partial charge in [0.15, 0.2) is 5.96 Å². The molecule has 0 atom stereocenters. The van der Waals surface area contributed by atoms with Gasteiger partial charge in [-0.2, -0.15) is 0 Å². The number of hydrogen-bond donors (Lipinski definition) is 2. The zero-order chi connectivity index (χ0) is 15.0. The Labute approximate surface area is 126 Å². The molecule has 2 N–H and O–H groups in total. The summed E-state index contributed by atoms with van der Waals surface area (Å²) < 4.78 is 0. The molecule has 0 saturated carbocycles. The summed E-state index contributed by atoms with van der Waals surface area (Å²) in [4.78, 5) is 4.13. The number of guanidine groups is 1. The predicted octanol–water partition coefficient (Wildman–Crippen LogP) is 2.71. The Bertz CT molecular complexity index is 501. The third-order valence-electron chi connectivity index (χ3n) is 2.89. The van der Waals surface area contributed by atoms with E-state index in [9.17, 15) is 0 Å². The molecule has 0 fully saturated rings. The van der Waals surface area contributed by atoms with E-state index in [4.69, 9.17) is 18.0 Å². The van der Waals surface area contributed by atoms with E-state index in [-0.39, 0.29) is 5.41 Å². The van der Waals surface area contributed by atoms with Crippen LogP contribution in [0.3, 0.4) is 0 Å². The van der Waals surface area contributed by atoms with Gasteiger partial charge in [0, 0.05) is 18.6 Å². The number of rotatable bonds is 5. The van der Waals surface area contributed by atoms with Crippen molar-refractivity contribution in [2.75, 3.05) is 20.1 Å². The van der Waals surface area contributed by atoms with Gasteiger partial charge in [-0.3, -0.25) is 4.99 Å². The molecular weight excluding hydrogens is 270 g/mol. The Balaban J connectivity index is 2.55. The van der Waals surface area contributed by atoms with Crippen LogP contribution in [0.25, 0.3) is 0 Å². The zero-order valence-corrected chi connectivity index (χ0v) is 13.1. The van der Waals surface area contributed by atoms with Gasteiger partial charge in [0.2, 0.25) is 0 Å². The number of nitrogens with zero attached hydrogens (tertiary/aromatic N) is 1. The van der Waals surface area contributed by atoms with E-state index in [0.29, 0.717) is 6.54 Å². The van der Waals surface area contributed by atoms with E-state index in [1.807, 2.05) is 18.2 Å². The molecule has 1 rings (SSSR count). The van der Waals surface area contributed by atoms with Crippen LogP contribution < -0.4 is 10.6 Å². The van der Waals surface area contributed by atoms with Crippen LogP contribution in [0.1, 0.15) is 19.4 Å². The SMILES string of the molecule is C#CCNC(=NC)NCC(C)(C)Cc1cccc(Cl)c1. The summed E-state index contributed by atoms with van der Waals surface area (Å²) in [5.74, 6) is 3.25. The molecule has 0 heterocycles. The average Bonchev–Trinajstić information content (AvgIpc) is 2.38. The fourth-order valence-corrected chi connectivity index (χ4v) is 2.15. The summed E-state index contributed by atoms with van der Waals surface area (Å²) in [6.45, 7) is 5.67. The number of aliphatic imine (C=N–C) groups is 1. The maximum atomic E-state index is 6.02. The Morgan fingerprint density at radius 2 is 2.15 bits per heavy atom. The molecule has 20 heavy (non-hydrogen) atoms. The smallest absolute Gasteiger partial charge is 0.191 e. The van der Waals surface area contributed by atoms with Gasteiger partial charge in [0.1, 0.15) is 0 Å². The highest BCUT2D eigenvalue weighted by Gasteiger charge is 2.19. The lowest BCUT2D eigenvalue weighted by atomic mass is 9.86. The minimum Gasteiger partial charge on any atom is -0.356 e. The van der Waals surface area contributed by atoms with E-state index in [0.717, 1.165) is 23.9 Å². The molecule has 3 nitrogen and oxygen atoms in total. The van der Waals surface area contributed by atoms with Crippen molar-refractivity contribution in [1.29, 1.82) is 0 Å². The molecule has 108 valence electrons. The number of halogens is 1. The monoisotopic (exact) mass is 291 g/mol. The molecule has 0 unspecified atom stereocenters. The zero-order valence-electron chi connectivity index (χ0n) is 12.3. The third kappa shape index (κ3) is 5.99. The molecule has 0 aromatic heterocycles. The Morgan fingerprint density at radius 3 is 2.75 bits per heavy atom. The molecule has 0 bridgehead atoms. The van der Waals surface area contributed by atoms with Gasteiger partial charge in [-0.05, 0) is 29.5 Å². The topological polar surface area (TPSA) is 36.4 Å². The first-order chi connectivity index (χ1) is 9.46. The van der Waals surface area contributed by atoms with Crippen LogP contribution in [0, 0.1) is 17.8 Å². The minimum atomic E-state index is 0.0818. The predicted molar refractivity (Wildman–Crippen MR) is 87.1 cm³/mol. The van der Waals surface area contributed by atoms with Crippen molar-refractivity contribution in [3.8, 4) is 12.3 Å². The van der Waals surface area contributed by atoms with Crippen molar-refractivity contribution in [3.63, 3.8) is 0 Å². The Kier molecular flexibility index (Phi) is 6.41. The van der Waals surface area contributed by atoms with E-state index in [1.54, 1.807) is 7.05 Å². The summed E-state index contributed by atoms with van der Waals surface area (Å²) in [6, 6.07) is 7.98. The molecule has 1 aromatic rings. The maximum absolute atomic E-state index is 6.02. The molecule has 4 heteroatoms. The van der Waals surface area contributed by atoms with Crippen LogP contribution >= 0.6 is 11.6 Å². The van der Waals surface area contributed by atoms with Crippen LogP contribution in [0.4, 0.5) is 0 Å². The largest absolute Gasteiger partial charge is 0.356 e. The highest BCUT2D eigenvalue weighted by atomic mass is 35.5. The van der Waals surface area contributed by atoms with Crippen molar-refractivity contribution in [1.82, 2.24) is 10.6 Å². The second kappa shape index (κ2) is 7.81. The molecular formula is C16H22ClN3. The second-order valence-corrected chi connectivity index (χ2v) is 5.89. The number of nitrogens with one attached hydrogen (secondary N) is 2. The van der Waals surface area contributed by atoms with Gasteiger partial charge in [-0.1, -0.05) is 43.5 Å². The lowest BCUT2D eigenvalue weighted by Crippen LogP contribution is -2.42. The lowest BCUT2D eigenvalue weighted by Gasteiger charge is -2.26. The quantitative estimate of drug-likeness (QED) is 0.497. The summed E-state index contributed by atoms with van der Waals surface area (Å²) in [5, 5.41) is 7.11. The molecule has 1 aromatic carbocycles. The Hall–Kier alpha value is -1.66. The number of terminal acetylenes is 1.